The third kappa shape index (κ3) is 11.8. The zero-order valence-electron chi connectivity index (χ0n) is 46.8. The van der Waals surface area contributed by atoms with Gasteiger partial charge in [-0.2, -0.15) is 0 Å². The lowest BCUT2D eigenvalue weighted by atomic mass is 9.91. The van der Waals surface area contributed by atoms with Gasteiger partial charge in [0.1, 0.15) is 23.8 Å². The van der Waals surface area contributed by atoms with Crippen LogP contribution < -0.4 is 30.5 Å². The van der Waals surface area contributed by atoms with E-state index in [1.165, 1.54) is 0 Å². The van der Waals surface area contributed by atoms with Crippen molar-refractivity contribution >= 4 is 46.2 Å². The number of hydrogen-bond acceptors (Lipinski definition) is 18. The number of nitrogen functional groups attached to an aromatic ring is 1. The molecule has 19 nitrogen and oxygen atoms in total. The summed E-state index contributed by atoms with van der Waals surface area (Å²) < 4.78 is 19.1. The molecule has 12 rings (SSSR count). The number of phenols is 1. The number of nitrogens with zero attached hydrogens (tertiary/aromatic N) is 10. The predicted molar refractivity (Wildman–Crippen MR) is 311 cm³/mol. The number of anilines is 4. The number of piperazine rings is 1. The van der Waals surface area contributed by atoms with Crippen LogP contribution in [0.4, 0.5) is 23.0 Å². The number of hydrogen-bond donors (Lipinski definition) is 4. The van der Waals surface area contributed by atoms with E-state index in [4.69, 9.17) is 19.7 Å². The lowest BCUT2D eigenvalue weighted by molar-refractivity contribution is -0.141. The molecule has 7 atom stereocenters. The molecule has 428 valence electrons. The number of fused-ring (bicyclic) bond motifs is 2. The highest BCUT2D eigenvalue weighted by molar-refractivity contribution is 7.13. The van der Waals surface area contributed by atoms with Crippen molar-refractivity contribution in [3.05, 3.63) is 102 Å². The van der Waals surface area contributed by atoms with E-state index in [1.54, 1.807) is 28.4 Å². The number of aromatic nitrogens is 5. The van der Waals surface area contributed by atoms with Crippen LogP contribution in [0.2, 0.25) is 0 Å². The number of aromatic hydroxyl groups is 1. The highest BCUT2D eigenvalue weighted by Crippen LogP contribution is 2.41. The summed E-state index contributed by atoms with van der Waals surface area (Å²) in [7, 11) is 0. The first-order valence-electron chi connectivity index (χ1n) is 29.2. The predicted octanol–water partition coefficient (Wildman–Crippen LogP) is 7.99. The molecule has 1 saturated carbocycles. The molecule has 6 aromatic rings. The number of nitrogens with two attached hydrogens (primary N) is 1. The van der Waals surface area contributed by atoms with Crippen molar-refractivity contribution in [2.75, 3.05) is 72.8 Å². The molecule has 1 aliphatic carbocycles. The Bertz CT molecular complexity index is 3150. The van der Waals surface area contributed by atoms with Crippen LogP contribution in [-0.4, -0.2) is 152 Å². The molecule has 0 radical (unpaired) electrons. The van der Waals surface area contributed by atoms with E-state index in [0.29, 0.717) is 46.7 Å². The first-order valence-corrected chi connectivity index (χ1v) is 30.1. The zero-order valence-corrected chi connectivity index (χ0v) is 47.7. The molecule has 2 aromatic carbocycles. The summed E-state index contributed by atoms with van der Waals surface area (Å²) in [6.45, 7) is 14.3. The molecule has 2 amide bonds. The van der Waals surface area contributed by atoms with E-state index >= 15 is 0 Å². The Hall–Kier alpha value is -6.87. The number of piperidine rings is 2. The van der Waals surface area contributed by atoms with Crippen LogP contribution in [0.3, 0.4) is 0 Å². The third-order valence-electron chi connectivity index (χ3n) is 17.8. The topological polar surface area (TPSA) is 225 Å². The number of nitrogens with one attached hydrogen (secondary N) is 1. The smallest absolute Gasteiger partial charge is 0.243 e. The molecule has 6 fully saturated rings. The number of rotatable bonds is 17. The maximum atomic E-state index is 14.5. The fourth-order valence-corrected chi connectivity index (χ4v) is 14.3. The lowest BCUT2D eigenvalue weighted by Crippen LogP contribution is -2.54. The number of aryl methyl sites for hydroxylation is 1. The van der Waals surface area contributed by atoms with Gasteiger partial charge in [-0.1, -0.05) is 55.4 Å². The molecule has 6 aliphatic rings. The fourth-order valence-electron chi connectivity index (χ4n) is 13.5. The maximum Gasteiger partial charge on any atom is 0.243 e. The second kappa shape index (κ2) is 23.5. The van der Waals surface area contributed by atoms with Crippen LogP contribution in [0.25, 0.3) is 21.7 Å². The SMILES string of the molecule is Cc1ncsc1-c1ccc([C@H](C)NC(=O)[C@@H]2C[C@@H](O)CN2C(=O)[C@H](c2cc(N3CCCC(CN4CCC(O[C@H]5C[C@H](Oc6cc(N7C8CCC7CN(c7cc(-c9ccccc9O)nnc7N)C8)ccn6)C5)CC4)C3)no2)C(C)C)cc1. The number of aliphatic hydroxyl groups is 1. The van der Waals surface area contributed by atoms with Crippen LogP contribution in [-0.2, 0) is 14.3 Å². The molecule has 2 bridgehead atoms. The average molecular weight is 1120 g/mol. The van der Waals surface area contributed by atoms with Crippen LogP contribution in [0.1, 0.15) is 108 Å². The van der Waals surface area contributed by atoms with Crippen molar-refractivity contribution in [2.45, 2.75) is 140 Å². The molecule has 3 unspecified atom stereocenters. The van der Waals surface area contributed by atoms with Crippen LogP contribution in [0, 0.1) is 18.8 Å². The summed E-state index contributed by atoms with van der Waals surface area (Å²) in [5, 5.41) is 37.5. The van der Waals surface area contributed by atoms with Gasteiger partial charge in [0.05, 0.1) is 51.8 Å². The van der Waals surface area contributed by atoms with E-state index in [1.807, 2.05) is 87.9 Å². The van der Waals surface area contributed by atoms with E-state index in [-0.39, 0.29) is 60.8 Å². The summed E-state index contributed by atoms with van der Waals surface area (Å²) in [6, 6.07) is 22.8. The molecular weight excluding hydrogens is 1040 g/mol. The summed E-state index contributed by atoms with van der Waals surface area (Å²) in [5.41, 5.74) is 14.5. The van der Waals surface area contributed by atoms with E-state index in [0.717, 1.165) is 136 Å². The number of β-amino-alcohol motifs (C(OH)–C–C–N with tert-alkyl or cyclic N) is 1. The first-order chi connectivity index (χ1) is 39.3. The number of aliphatic hydroxyl groups excluding tert-OH is 1. The number of phenolic OH excluding ortho intramolecular Hbond substituents is 1. The standard InChI is InChI=1S/C61H76N12O7S/c1-36(2)57(61(77)72-34-45(74)25-52(72)60(76)65-37(3)40-11-13-41(14-12-40)58-38(4)64-35-81-58)54-29-55(68-80-54)70-21-7-8-39(31-70)30-69-22-18-46(19-23-69)78-47-26-48(27-47)79-56-24-42(17-20-63-56)73-43-15-16-44(73)33-71(32-43)51-28-50(66-67-59(51)62)49-9-5-6-10-53(49)75/h5-6,9-14,17,20,24,28-29,35-37,39,43-48,52,57,74-75H,7-8,15-16,18-19,21-23,25-27,30-34H2,1-4H3,(H2,62,67)(H,65,76)/t37-,39?,43?,44?,45+,47-,48-,52-,57-/m0/s1. The van der Waals surface area contributed by atoms with Crippen molar-refractivity contribution in [2.24, 2.45) is 11.8 Å². The molecule has 20 heteroatoms. The molecule has 4 aromatic heterocycles. The van der Waals surface area contributed by atoms with Crippen molar-refractivity contribution in [3.8, 4) is 33.3 Å². The normalized spacial score (nSPS) is 25.0. The Morgan fingerprint density at radius 3 is 2.37 bits per heavy atom. The number of para-hydroxylation sites is 1. The van der Waals surface area contributed by atoms with Gasteiger partial charge >= 0.3 is 0 Å². The van der Waals surface area contributed by atoms with Crippen molar-refractivity contribution in [1.29, 1.82) is 0 Å². The zero-order chi connectivity index (χ0) is 55.9. The fraction of sp³-hybridized carbons (Fsp3) is 0.525. The summed E-state index contributed by atoms with van der Waals surface area (Å²) >= 11 is 1.60. The molecule has 5 aliphatic heterocycles. The van der Waals surface area contributed by atoms with E-state index < -0.39 is 18.1 Å². The van der Waals surface area contributed by atoms with Gasteiger partial charge in [0, 0.05) is 113 Å². The van der Waals surface area contributed by atoms with Crippen molar-refractivity contribution < 1.29 is 33.8 Å². The molecule has 9 heterocycles. The minimum absolute atomic E-state index is 0.0766. The van der Waals surface area contributed by atoms with Gasteiger partial charge in [-0.25, -0.2) is 9.97 Å². The van der Waals surface area contributed by atoms with Gasteiger partial charge in [-0.3, -0.25) is 9.59 Å². The van der Waals surface area contributed by atoms with Crippen LogP contribution in [0.5, 0.6) is 11.6 Å². The van der Waals surface area contributed by atoms with Crippen molar-refractivity contribution in [1.82, 2.24) is 40.4 Å². The van der Waals surface area contributed by atoms with Gasteiger partial charge in [0.15, 0.2) is 17.4 Å². The lowest BCUT2D eigenvalue weighted by Gasteiger charge is -2.43. The Morgan fingerprint density at radius 2 is 1.63 bits per heavy atom. The molecule has 5 N–H and O–H groups in total. The van der Waals surface area contributed by atoms with Gasteiger partial charge in [-0.15, -0.1) is 21.5 Å². The second-order valence-corrected chi connectivity index (χ2v) is 24.7. The highest BCUT2D eigenvalue weighted by atomic mass is 32.1. The number of ether oxygens (including phenoxy) is 2. The minimum Gasteiger partial charge on any atom is -0.507 e. The number of likely N-dealkylation sites (tertiary alicyclic amines) is 2. The number of carbonyl (C=O) groups excluding carboxylic acids is 2. The molecule has 0 spiro atoms. The highest BCUT2D eigenvalue weighted by Gasteiger charge is 2.45. The summed E-state index contributed by atoms with van der Waals surface area (Å²) in [6.07, 6.45) is 9.81. The van der Waals surface area contributed by atoms with Gasteiger partial charge < -0.3 is 59.8 Å². The average Bonchev–Trinajstić information content (AvgIpc) is 4.31. The Kier molecular flexibility index (Phi) is 15.9. The van der Waals surface area contributed by atoms with Crippen LogP contribution >= 0.6 is 11.3 Å². The number of carbonyl (C=O) groups is 2. The molecule has 81 heavy (non-hydrogen) atoms. The number of amides is 2. The van der Waals surface area contributed by atoms with Crippen molar-refractivity contribution in [3.63, 3.8) is 0 Å². The number of pyridine rings is 1. The monoisotopic (exact) mass is 1120 g/mol. The van der Waals surface area contributed by atoms with Gasteiger partial charge in [-0.05, 0) is 99.6 Å². The Balaban J connectivity index is 0.582. The Morgan fingerprint density at radius 1 is 0.852 bits per heavy atom. The quantitative estimate of drug-likeness (QED) is 0.0679. The van der Waals surface area contributed by atoms with Gasteiger partial charge in [0.2, 0.25) is 17.7 Å². The number of thiazole rings is 1. The summed E-state index contributed by atoms with van der Waals surface area (Å²) in [4.78, 5) is 49.7. The minimum atomic E-state index is -0.807. The van der Waals surface area contributed by atoms with Crippen LogP contribution in [0.15, 0.2) is 89.0 Å². The van der Waals surface area contributed by atoms with E-state index in [9.17, 15) is 19.8 Å². The van der Waals surface area contributed by atoms with Gasteiger partial charge in [0.25, 0.3) is 0 Å². The third-order valence-corrected chi connectivity index (χ3v) is 18.8. The molecule has 5 saturated heterocycles. The number of benzene rings is 2. The summed E-state index contributed by atoms with van der Waals surface area (Å²) in [5.74, 6) is 1.58. The Labute approximate surface area is 477 Å². The van der Waals surface area contributed by atoms with E-state index in [2.05, 4.69) is 62.4 Å². The molecular formula is C61H76N12O7S. The second-order valence-electron chi connectivity index (χ2n) is 23.8. The first kappa shape index (κ1) is 54.7. The largest absolute Gasteiger partial charge is 0.507 e. The maximum absolute atomic E-state index is 14.5.